The standard InChI is InChI=1S/C18H19N3O2S2/c1-10-12(3)25-17-15(10)16(19)20-18(21-17)24-9-8-23-14-7-5-4-6-13(14)11(2)22/h4-7H,8-9H2,1-3H3,(H2,19,20,21). The van der Waals surface area contributed by atoms with Crippen LogP contribution in [0.5, 0.6) is 5.75 Å². The average molecular weight is 374 g/mol. The number of para-hydroxylation sites is 1. The monoisotopic (exact) mass is 373 g/mol. The van der Waals surface area contributed by atoms with Gasteiger partial charge in [0.1, 0.15) is 16.4 Å². The Morgan fingerprint density at radius 2 is 2.04 bits per heavy atom. The van der Waals surface area contributed by atoms with Gasteiger partial charge in [-0.25, -0.2) is 9.97 Å². The zero-order valence-corrected chi connectivity index (χ0v) is 16.0. The molecular weight excluding hydrogens is 354 g/mol. The molecule has 3 rings (SSSR count). The van der Waals surface area contributed by atoms with Crippen LogP contribution in [0.3, 0.4) is 0 Å². The highest BCUT2D eigenvalue weighted by atomic mass is 32.2. The molecule has 0 fully saturated rings. The maximum absolute atomic E-state index is 11.6. The first-order valence-corrected chi connectivity index (χ1v) is 9.66. The molecule has 0 atom stereocenters. The fourth-order valence-electron chi connectivity index (χ4n) is 2.49. The van der Waals surface area contributed by atoms with Gasteiger partial charge >= 0.3 is 0 Å². The second kappa shape index (κ2) is 7.41. The molecule has 0 saturated carbocycles. The molecule has 0 aliphatic carbocycles. The fourth-order valence-corrected chi connectivity index (χ4v) is 4.26. The van der Waals surface area contributed by atoms with Crippen LogP contribution in [0.15, 0.2) is 29.4 Å². The molecule has 0 aliphatic heterocycles. The number of fused-ring (bicyclic) bond motifs is 1. The van der Waals surface area contributed by atoms with Crippen molar-refractivity contribution >= 4 is 44.9 Å². The molecule has 0 saturated heterocycles. The molecule has 25 heavy (non-hydrogen) atoms. The van der Waals surface area contributed by atoms with Crippen molar-refractivity contribution in [3.8, 4) is 5.75 Å². The Morgan fingerprint density at radius 3 is 2.80 bits per heavy atom. The summed E-state index contributed by atoms with van der Waals surface area (Å²) in [5.41, 5.74) is 7.84. The summed E-state index contributed by atoms with van der Waals surface area (Å²) >= 11 is 3.13. The van der Waals surface area contributed by atoms with Gasteiger partial charge in [0.25, 0.3) is 0 Å². The quantitative estimate of drug-likeness (QED) is 0.301. The van der Waals surface area contributed by atoms with Crippen molar-refractivity contribution in [1.82, 2.24) is 9.97 Å². The van der Waals surface area contributed by atoms with Gasteiger partial charge in [0, 0.05) is 10.6 Å². The molecule has 0 amide bonds. The molecule has 0 aliphatic rings. The lowest BCUT2D eigenvalue weighted by Crippen LogP contribution is -2.05. The average Bonchev–Trinajstić information content (AvgIpc) is 2.86. The summed E-state index contributed by atoms with van der Waals surface area (Å²) in [4.78, 5) is 22.7. The van der Waals surface area contributed by atoms with E-state index in [9.17, 15) is 4.79 Å². The molecule has 0 unspecified atom stereocenters. The Hall–Kier alpha value is -2.12. The van der Waals surface area contributed by atoms with Crippen molar-refractivity contribution in [2.75, 3.05) is 18.1 Å². The van der Waals surface area contributed by atoms with E-state index >= 15 is 0 Å². The van der Waals surface area contributed by atoms with Gasteiger partial charge in [0.15, 0.2) is 10.9 Å². The SMILES string of the molecule is CC(=O)c1ccccc1OCCSc1nc(N)c2c(C)c(C)sc2n1. The Balaban J connectivity index is 1.65. The van der Waals surface area contributed by atoms with Crippen LogP contribution in [0, 0.1) is 13.8 Å². The molecule has 2 heterocycles. The minimum absolute atomic E-state index is 0.00625. The number of nitrogens with two attached hydrogens (primary N) is 1. The summed E-state index contributed by atoms with van der Waals surface area (Å²) in [7, 11) is 0. The van der Waals surface area contributed by atoms with E-state index < -0.39 is 0 Å². The first-order chi connectivity index (χ1) is 12.0. The molecule has 1 aromatic carbocycles. The topological polar surface area (TPSA) is 78.1 Å². The Bertz CT molecular complexity index is 937. The smallest absolute Gasteiger partial charge is 0.191 e. The number of benzene rings is 1. The number of carbonyl (C=O) groups excluding carboxylic acids is 1. The van der Waals surface area contributed by atoms with Crippen molar-refractivity contribution in [2.24, 2.45) is 0 Å². The molecule has 2 N–H and O–H groups in total. The minimum atomic E-state index is -0.00625. The molecule has 130 valence electrons. The van der Waals surface area contributed by atoms with Crippen LogP contribution < -0.4 is 10.5 Å². The van der Waals surface area contributed by atoms with E-state index in [1.807, 2.05) is 19.1 Å². The normalized spacial score (nSPS) is 11.0. The fraction of sp³-hybridized carbons (Fsp3) is 0.278. The Morgan fingerprint density at radius 1 is 1.28 bits per heavy atom. The van der Waals surface area contributed by atoms with Crippen molar-refractivity contribution in [2.45, 2.75) is 25.9 Å². The van der Waals surface area contributed by atoms with Gasteiger partial charge in [-0.05, 0) is 38.5 Å². The zero-order chi connectivity index (χ0) is 18.0. The number of ketones is 1. The highest BCUT2D eigenvalue weighted by Gasteiger charge is 2.13. The van der Waals surface area contributed by atoms with Crippen LogP contribution in [0.2, 0.25) is 0 Å². The maximum atomic E-state index is 11.6. The zero-order valence-electron chi connectivity index (χ0n) is 14.3. The van der Waals surface area contributed by atoms with Crippen LogP contribution in [0.25, 0.3) is 10.2 Å². The van der Waals surface area contributed by atoms with Gasteiger partial charge in [0.05, 0.1) is 17.6 Å². The summed E-state index contributed by atoms with van der Waals surface area (Å²) in [6.07, 6.45) is 0. The maximum Gasteiger partial charge on any atom is 0.191 e. The number of anilines is 1. The molecular formula is C18H19N3O2S2. The molecule has 0 bridgehead atoms. The number of hydrogen-bond donors (Lipinski definition) is 1. The number of nitrogens with zero attached hydrogens (tertiary/aromatic N) is 2. The van der Waals surface area contributed by atoms with Gasteiger partial charge in [0.2, 0.25) is 0 Å². The lowest BCUT2D eigenvalue weighted by molar-refractivity contribution is 0.101. The number of aryl methyl sites for hydroxylation is 2. The molecule has 7 heteroatoms. The van der Waals surface area contributed by atoms with Crippen LogP contribution in [-0.4, -0.2) is 28.1 Å². The number of ether oxygens (including phenoxy) is 1. The minimum Gasteiger partial charge on any atom is -0.492 e. The number of thioether (sulfide) groups is 1. The second-order valence-electron chi connectivity index (χ2n) is 5.60. The highest BCUT2D eigenvalue weighted by molar-refractivity contribution is 7.99. The largest absolute Gasteiger partial charge is 0.492 e. The van der Waals surface area contributed by atoms with Crippen LogP contribution in [-0.2, 0) is 0 Å². The van der Waals surface area contributed by atoms with Crippen molar-refractivity contribution in [1.29, 1.82) is 0 Å². The second-order valence-corrected chi connectivity index (χ2v) is 7.87. The summed E-state index contributed by atoms with van der Waals surface area (Å²) < 4.78 is 5.74. The lowest BCUT2D eigenvalue weighted by Gasteiger charge is -2.09. The molecule has 2 aromatic heterocycles. The third kappa shape index (κ3) is 3.77. The van der Waals surface area contributed by atoms with Crippen LogP contribution >= 0.6 is 23.1 Å². The first-order valence-electron chi connectivity index (χ1n) is 7.86. The third-order valence-corrected chi connectivity index (χ3v) is 5.79. The summed E-state index contributed by atoms with van der Waals surface area (Å²) in [5, 5.41) is 1.60. The molecule has 0 radical (unpaired) electrons. The third-order valence-electron chi connectivity index (χ3n) is 3.87. The highest BCUT2D eigenvalue weighted by Crippen LogP contribution is 2.33. The number of carbonyl (C=O) groups is 1. The Labute approximate surface area is 154 Å². The molecule has 0 spiro atoms. The van der Waals surface area contributed by atoms with Crippen molar-refractivity contribution in [3.63, 3.8) is 0 Å². The summed E-state index contributed by atoms with van der Waals surface area (Å²) in [5.74, 6) is 1.79. The molecule has 5 nitrogen and oxygen atoms in total. The van der Waals surface area contributed by atoms with E-state index in [-0.39, 0.29) is 5.78 Å². The van der Waals surface area contributed by atoms with Crippen LogP contribution in [0.4, 0.5) is 5.82 Å². The lowest BCUT2D eigenvalue weighted by atomic mass is 10.1. The van der Waals surface area contributed by atoms with Gasteiger partial charge in [-0.15, -0.1) is 11.3 Å². The predicted molar refractivity (Wildman–Crippen MR) is 104 cm³/mol. The van der Waals surface area contributed by atoms with E-state index in [0.717, 1.165) is 15.8 Å². The number of aromatic nitrogens is 2. The number of thiophene rings is 1. The summed E-state index contributed by atoms with van der Waals surface area (Å²) in [6.45, 7) is 6.10. The van der Waals surface area contributed by atoms with E-state index in [2.05, 4.69) is 16.9 Å². The predicted octanol–water partition coefficient (Wildman–Crippen LogP) is 4.26. The number of hydrogen-bond acceptors (Lipinski definition) is 7. The van der Waals surface area contributed by atoms with Gasteiger partial charge < -0.3 is 10.5 Å². The van der Waals surface area contributed by atoms with Gasteiger partial charge in [-0.1, -0.05) is 23.9 Å². The van der Waals surface area contributed by atoms with Crippen molar-refractivity contribution in [3.05, 3.63) is 40.3 Å². The van der Waals surface area contributed by atoms with Crippen LogP contribution in [0.1, 0.15) is 27.7 Å². The van der Waals surface area contributed by atoms with E-state index in [4.69, 9.17) is 10.5 Å². The van der Waals surface area contributed by atoms with E-state index in [1.165, 1.54) is 23.6 Å². The van der Waals surface area contributed by atoms with E-state index in [0.29, 0.717) is 34.6 Å². The van der Waals surface area contributed by atoms with Crippen molar-refractivity contribution < 1.29 is 9.53 Å². The first kappa shape index (κ1) is 17.7. The Kier molecular flexibility index (Phi) is 5.24. The molecule has 3 aromatic rings. The van der Waals surface area contributed by atoms with Gasteiger partial charge in [-0.2, -0.15) is 0 Å². The number of nitrogen functional groups attached to an aromatic ring is 1. The number of Topliss-reactive ketones (excluding diaryl/α,β-unsaturated/α-hetero) is 1. The van der Waals surface area contributed by atoms with Gasteiger partial charge in [-0.3, -0.25) is 4.79 Å². The van der Waals surface area contributed by atoms with E-state index in [1.54, 1.807) is 23.5 Å². The number of rotatable bonds is 6. The summed E-state index contributed by atoms with van der Waals surface area (Å²) in [6, 6.07) is 7.26.